The molecule has 1 aromatic heterocycles. The molecular formula is C35H30ClN5O4S. The SMILES string of the molecule is Cc1c(NC(=O)CSc2cccc(NC(=O)/C(=C/c3cccc(Cl)c3)NC(=O)c3ccccc3)c2)c(=O)n(-c2ccccc2)n1C. The standard InChI is InChI=1S/C35H30ClN5O4S/c1-23-32(35(45)41(40(23)2)28-16-7-4-8-17-28)39-31(42)22-46-29-18-10-15-27(21-29)37-34(44)30(20-24-11-9-14-26(36)19-24)38-33(43)25-12-5-3-6-13-25/h3-21H,22H2,1-2H3,(H,37,44)(H,38,43)(H,39,42)/b30-20-. The zero-order valence-corrected chi connectivity index (χ0v) is 26.6. The number of hydrogen-bond acceptors (Lipinski definition) is 5. The molecule has 3 N–H and O–H groups in total. The Morgan fingerprint density at radius 1 is 0.848 bits per heavy atom. The molecule has 0 fully saturated rings. The van der Waals surface area contributed by atoms with E-state index in [1.54, 1.807) is 97.5 Å². The summed E-state index contributed by atoms with van der Waals surface area (Å²) in [5, 5.41) is 8.78. The molecule has 0 spiro atoms. The van der Waals surface area contributed by atoms with Gasteiger partial charge in [-0.05, 0) is 73.2 Å². The fourth-order valence-electron chi connectivity index (χ4n) is 4.60. The molecular weight excluding hydrogens is 622 g/mol. The van der Waals surface area contributed by atoms with Crippen LogP contribution in [0, 0.1) is 6.92 Å². The van der Waals surface area contributed by atoms with E-state index in [2.05, 4.69) is 16.0 Å². The molecule has 11 heteroatoms. The predicted molar refractivity (Wildman–Crippen MR) is 184 cm³/mol. The van der Waals surface area contributed by atoms with Gasteiger partial charge < -0.3 is 16.0 Å². The number of halogens is 1. The minimum Gasteiger partial charge on any atom is -0.321 e. The highest BCUT2D eigenvalue weighted by Crippen LogP contribution is 2.23. The molecule has 46 heavy (non-hydrogen) atoms. The Hall–Kier alpha value is -5.32. The van der Waals surface area contributed by atoms with Gasteiger partial charge in [0.1, 0.15) is 11.4 Å². The van der Waals surface area contributed by atoms with Crippen molar-refractivity contribution in [3.8, 4) is 5.69 Å². The molecule has 0 bridgehead atoms. The van der Waals surface area contributed by atoms with Crippen molar-refractivity contribution in [3.63, 3.8) is 0 Å². The smallest absolute Gasteiger partial charge is 0.295 e. The molecule has 0 aliphatic heterocycles. The Labute approximate surface area is 274 Å². The van der Waals surface area contributed by atoms with Crippen LogP contribution in [0.2, 0.25) is 5.02 Å². The Kier molecular flexibility index (Phi) is 10.2. The zero-order chi connectivity index (χ0) is 32.6. The summed E-state index contributed by atoms with van der Waals surface area (Å²) in [5.41, 5.74) is 2.72. The van der Waals surface area contributed by atoms with Gasteiger partial charge in [0.05, 0.1) is 17.1 Å². The zero-order valence-electron chi connectivity index (χ0n) is 25.0. The highest BCUT2D eigenvalue weighted by molar-refractivity contribution is 8.00. The fourth-order valence-corrected chi connectivity index (χ4v) is 5.56. The number of hydrogen-bond donors (Lipinski definition) is 3. The maximum absolute atomic E-state index is 13.4. The predicted octanol–water partition coefficient (Wildman–Crippen LogP) is 6.28. The first-order chi connectivity index (χ1) is 22.2. The van der Waals surface area contributed by atoms with Crippen LogP contribution in [0.5, 0.6) is 0 Å². The van der Waals surface area contributed by atoms with Crippen LogP contribution in [-0.4, -0.2) is 32.8 Å². The van der Waals surface area contributed by atoms with Crippen LogP contribution < -0.4 is 21.5 Å². The third-order valence-electron chi connectivity index (χ3n) is 6.97. The van der Waals surface area contributed by atoms with Gasteiger partial charge in [0.25, 0.3) is 17.4 Å². The van der Waals surface area contributed by atoms with Gasteiger partial charge in [0, 0.05) is 28.2 Å². The van der Waals surface area contributed by atoms with Crippen molar-refractivity contribution in [2.75, 3.05) is 16.4 Å². The molecule has 0 aliphatic rings. The summed E-state index contributed by atoms with van der Waals surface area (Å²) < 4.78 is 3.20. The number of benzene rings is 4. The molecule has 4 aromatic carbocycles. The van der Waals surface area contributed by atoms with E-state index >= 15 is 0 Å². The third kappa shape index (κ3) is 7.84. The van der Waals surface area contributed by atoms with Crippen LogP contribution in [-0.2, 0) is 16.6 Å². The Bertz CT molecular complexity index is 1990. The Morgan fingerprint density at radius 2 is 1.54 bits per heavy atom. The molecule has 0 atom stereocenters. The van der Waals surface area contributed by atoms with Gasteiger partial charge in [-0.2, -0.15) is 0 Å². The highest BCUT2D eigenvalue weighted by atomic mass is 35.5. The molecule has 3 amide bonds. The van der Waals surface area contributed by atoms with E-state index < -0.39 is 11.8 Å². The summed E-state index contributed by atoms with van der Waals surface area (Å²) in [5.74, 6) is -1.30. The molecule has 0 saturated carbocycles. The average Bonchev–Trinajstić information content (AvgIpc) is 3.27. The van der Waals surface area contributed by atoms with E-state index in [1.807, 2.05) is 36.4 Å². The lowest BCUT2D eigenvalue weighted by atomic mass is 10.1. The minimum atomic E-state index is -0.543. The van der Waals surface area contributed by atoms with Crippen LogP contribution >= 0.6 is 23.4 Å². The summed E-state index contributed by atoms with van der Waals surface area (Å²) in [7, 11) is 1.76. The quantitative estimate of drug-likeness (QED) is 0.122. The largest absolute Gasteiger partial charge is 0.321 e. The molecule has 0 saturated heterocycles. The first kappa shape index (κ1) is 32.1. The van der Waals surface area contributed by atoms with Crippen molar-refractivity contribution in [3.05, 3.63) is 147 Å². The monoisotopic (exact) mass is 651 g/mol. The number of carbonyl (C=O) groups excluding carboxylic acids is 3. The summed E-state index contributed by atoms with van der Waals surface area (Å²) in [6.45, 7) is 1.77. The lowest BCUT2D eigenvalue weighted by molar-refractivity contribution is -0.114. The van der Waals surface area contributed by atoms with Gasteiger partial charge in [-0.3, -0.25) is 23.9 Å². The average molecular weight is 652 g/mol. The van der Waals surface area contributed by atoms with Crippen LogP contribution in [0.3, 0.4) is 0 Å². The summed E-state index contributed by atoms with van der Waals surface area (Å²) in [6, 6.07) is 31.7. The van der Waals surface area contributed by atoms with E-state index in [9.17, 15) is 19.2 Å². The summed E-state index contributed by atoms with van der Waals surface area (Å²) >= 11 is 7.39. The number of aromatic nitrogens is 2. The first-order valence-electron chi connectivity index (χ1n) is 14.2. The Morgan fingerprint density at radius 3 is 2.26 bits per heavy atom. The molecule has 5 aromatic rings. The number of anilines is 2. The number of nitrogens with zero attached hydrogens (tertiary/aromatic N) is 2. The van der Waals surface area contributed by atoms with Gasteiger partial charge in [-0.15, -0.1) is 11.8 Å². The van der Waals surface area contributed by atoms with Crippen molar-refractivity contribution in [2.45, 2.75) is 11.8 Å². The van der Waals surface area contributed by atoms with Crippen LogP contribution in [0.25, 0.3) is 11.8 Å². The third-order valence-corrected chi connectivity index (χ3v) is 8.20. The lowest BCUT2D eigenvalue weighted by Gasteiger charge is -2.12. The fraction of sp³-hybridized carbons (Fsp3) is 0.0857. The number of nitrogens with one attached hydrogen (secondary N) is 3. The van der Waals surface area contributed by atoms with Gasteiger partial charge in [0.15, 0.2) is 0 Å². The summed E-state index contributed by atoms with van der Waals surface area (Å²) in [6.07, 6.45) is 1.54. The second-order valence-corrected chi connectivity index (χ2v) is 11.7. The number of para-hydroxylation sites is 1. The molecule has 5 rings (SSSR count). The number of thioether (sulfide) groups is 1. The molecule has 0 unspecified atom stereocenters. The van der Waals surface area contributed by atoms with Gasteiger partial charge in [-0.25, -0.2) is 4.68 Å². The number of rotatable bonds is 10. The van der Waals surface area contributed by atoms with Gasteiger partial charge in [0.2, 0.25) is 5.91 Å². The van der Waals surface area contributed by atoms with E-state index in [-0.39, 0.29) is 28.6 Å². The molecule has 9 nitrogen and oxygen atoms in total. The van der Waals surface area contributed by atoms with E-state index in [0.29, 0.717) is 38.1 Å². The second-order valence-electron chi connectivity index (χ2n) is 10.2. The van der Waals surface area contributed by atoms with Crippen molar-refractivity contribution in [2.24, 2.45) is 7.05 Å². The van der Waals surface area contributed by atoms with Crippen molar-refractivity contribution in [1.29, 1.82) is 0 Å². The first-order valence-corrected chi connectivity index (χ1v) is 15.6. The molecule has 1 heterocycles. The molecule has 0 aliphatic carbocycles. The molecule has 0 radical (unpaired) electrons. The van der Waals surface area contributed by atoms with E-state index in [0.717, 1.165) is 0 Å². The highest BCUT2D eigenvalue weighted by Gasteiger charge is 2.19. The van der Waals surface area contributed by atoms with Crippen molar-refractivity contribution >= 4 is 58.5 Å². The second kappa shape index (κ2) is 14.6. The normalized spacial score (nSPS) is 11.2. The molecule has 232 valence electrons. The maximum atomic E-state index is 13.4. The maximum Gasteiger partial charge on any atom is 0.295 e. The van der Waals surface area contributed by atoms with E-state index in [1.165, 1.54) is 16.4 Å². The van der Waals surface area contributed by atoms with Crippen LogP contribution in [0.1, 0.15) is 21.6 Å². The number of carbonyl (C=O) groups is 3. The van der Waals surface area contributed by atoms with Gasteiger partial charge in [-0.1, -0.05) is 66.2 Å². The van der Waals surface area contributed by atoms with Gasteiger partial charge >= 0.3 is 0 Å². The topological polar surface area (TPSA) is 114 Å². The lowest BCUT2D eigenvalue weighted by Crippen LogP contribution is -2.30. The van der Waals surface area contributed by atoms with E-state index in [4.69, 9.17) is 11.6 Å². The Balaban J connectivity index is 1.27. The van der Waals surface area contributed by atoms with Crippen LogP contribution in [0.15, 0.2) is 125 Å². The van der Waals surface area contributed by atoms with Crippen LogP contribution in [0.4, 0.5) is 11.4 Å². The van der Waals surface area contributed by atoms with Crippen molar-refractivity contribution in [1.82, 2.24) is 14.7 Å². The summed E-state index contributed by atoms with van der Waals surface area (Å²) in [4.78, 5) is 53.1. The minimum absolute atomic E-state index is 0.0212. The number of amides is 3. The van der Waals surface area contributed by atoms with Crippen molar-refractivity contribution < 1.29 is 14.4 Å².